The molecule has 1 aromatic rings. The smallest absolute Gasteiger partial charge is 0.246 e. The summed E-state index contributed by atoms with van der Waals surface area (Å²) in [5.41, 5.74) is 0.696. The van der Waals surface area contributed by atoms with Gasteiger partial charge in [0.05, 0.1) is 0 Å². The highest BCUT2D eigenvalue weighted by atomic mass is 79.9. The van der Waals surface area contributed by atoms with E-state index in [1.54, 1.807) is 25.1 Å². The van der Waals surface area contributed by atoms with E-state index in [1.807, 2.05) is 12.1 Å². The Kier molecular flexibility index (Phi) is 5.76. The minimum atomic E-state index is -0.542. The molecule has 4 nitrogen and oxygen atoms in total. The highest BCUT2D eigenvalue weighted by Crippen LogP contribution is 2.15. The van der Waals surface area contributed by atoms with Crippen LogP contribution in [-0.4, -0.2) is 29.3 Å². The largest absolute Gasteiger partial charge is 0.327 e. The summed E-state index contributed by atoms with van der Waals surface area (Å²) in [6.45, 7) is 7.07. The molecular formula is C14H17BrN2O2. The Labute approximate surface area is 121 Å². The van der Waals surface area contributed by atoms with Crippen molar-refractivity contribution in [2.24, 2.45) is 0 Å². The van der Waals surface area contributed by atoms with E-state index in [-0.39, 0.29) is 11.8 Å². The third-order valence-corrected chi connectivity index (χ3v) is 3.22. The predicted molar refractivity (Wildman–Crippen MR) is 79.8 cm³/mol. The van der Waals surface area contributed by atoms with Gasteiger partial charge in [0.25, 0.3) is 0 Å². The molecule has 1 rings (SSSR count). The molecule has 0 heterocycles. The predicted octanol–water partition coefficient (Wildman–Crippen LogP) is 2.81. The van der Waals surface area contributed by atoms with E-state index in [0.717, 1.165) is 4.47 Å². The fourth-order valence-electron chi connectivity index (χ4n) is 1.62. The molecule has 5 heteroatoms. The van der Waals surface area contributed by atoms with Gasteiger partial charge in [-0.25, -0.2) is 0 Å². The van der Waals surface area contributed by atoms with E-state index < -0.39 is 6.04 Å². The van der Waals surface area contributed by atoms with Crippen molar-refractivity contribution in [3.8, 4) is 0 Å². The molecule has 19 heavy (non-hydrogen) atoms. The second-order valence-corrected chi connectivity index (χ2v) is 5.05. The van der Waals surface area contributed by atoms with Crippen LogP contribution in [0.1, 0.15) is 13.8 Å². The Morgan fingerprint density at radius 3 is 2.47 bits per heavy atom. The Balaban J connectivity index is 2.73. The van der Waals surface area contributed by atoms with Crippen LogP contribution in [-0.2, 0) is 9.59 Å². The highest BCUT2D eigenvalue weighted by Gasteiger charge is 2.22. The van der Waals surface area contributed by atoms with Gasteiger partial charge in [0, 0.05) is 23.6 Å². The molecule has 0 aromatic heterocycles. The van der Waals surface area contributed by atoms with Gasteiger partial charge in [-0.1, -0.05) is 22.0 Å². The first kappa shape index (κ1) is 15.4. The molecule has 0 fully saturated rings. The van der Waals surface area contributed by atoms with Crippen molar-refractivity contribution in [3.63, 3.8) is 0 Å². The zero-order valence-electron chi connectivity index (χ0n) is 11.0. The second-order valence-electron chi connectivity index (χ2n) is 4.13. The lowest BCUT2D eigenvalue weighted by Gasteiger charge is -2.26. The van der Waals surface area contributed by atoms with Gasteiger partial charge < -0.3 is 10.2 Å². The minimum Gasteiger partial charge on any atom is -0.327 e. The van der Waals surface area contributed by atoms with Gasteiger partial charge in [0.1, 0.15) is 6.04 Å². The number of benzene rings is 1. The van der Waals surface area contributed by atoms with E-state index in [9.17, 15) is 9.59 Å². The number of hydrogen-bond donors (Lipinski definition) is 1. The molecule has 0 aliphatic heterocycles. The SMILES string of the molecule is C=CCN(C(C)=O)C(C)C(=O)Nc1ccc(Br)cc1. The molecule has 0 radical (unpaired) electrons. The normalized spacial score (nSPS) is 11.5. The van der Waals surface area contributed by atoms with E-state index in [2.05, 4.69) is 27.8 Å². The maximum Gasteiger partial charge on any atom is 0.246 e. The summed E-state index contributed by atoms with van der Waals surface area (Å²) in [5, 5.41) is 2.77. The van der Waals surface area contributed by atoms with Gasteiger partial charge >= 0.3 is 0 Å². The van der Waals surface area contributed by atoms with Crippen LogP contribution >= 0.6 is 15.9 Å². The minimum absolute atomic E-state index is 0.154. The van der Waals surface area contributed by atoms with Crippen molar-refractivity contribution in [3.05, 3.63) is 41.4 Å². The molecule has 1 aromatic carbocycles. The molecule has 1 unspecified atom stereocenters. The monoisotopic (exact) mass is 324 g/mol. The summed E-state index contributed by atoms with van der Waals surface area (Å²) in [5.74, 6) is -0.377. The molecule has 102 valence electrons. The van der Waals surface area contributed by atoms with Crippen LogP contribution in [0.25, 0.3) is 0 Å². The summed E-state index contributed by atoms with van der Waals surface area (Å²) in [7, 11) is 0. The quantitative estimate of drug-likeness (QED) is 0.847. The van der Waals surface area contributed by atoms with Crippen molar-refractivity contribution in [2.75, 3.05) is 11.9 Å². The maximum absolute atomic E-state index is 12.1. The average molecular weight is 325 g/mol. The van der Waals surface area contributed by atoms with Crippen LogP contribution in [0.2, 0.25) is 0 Å². The Bertz CT molecular complexity index is 471. The highest BCUT2D eigenvalue weighted by molar-refractivity contribution is 9.10. The Morgan fingerprint density at radius 1 is 1.42 bits per heavy atom. The zero-order valence-corrected chi connectivity index (χ0v) is 12.6. The number of hydrogen-bond acceptors (Lipinski definition) is 2. The van der Waals surface area contributed by atoms with Crippen molar-refractivity contribution in [1.29, 1.82) is 0 Å². The molecule has 0 spiro atoms. The van der Waals surface area contributed by atoms with E-state index >= 15 is 0 Å². The topological polar surface area (TPSA) is 49.4 Å². The fraction of sp³-hybridized carbons (Fsp3) is 0.286. The van der Waals surface area contributed by atoms with Gasteiger partial charge in [-0.15, -0.1) is 6.58 Å². The van der Waals surface area contributed by atoms with Crippen LogP contribution in [0.4, 0.5) is 5.69 Å². The molecule has 0 saturated heterocycles. The summed E-state index contributed by atoms with van der Waals surface area (Å²) in [4.78, 5) is 25.0. The first-order chi connectivity index (χ1) is 8.95. The van der Waals surface area contributed by atoms with Crippen molar-refractivity contribution >= 4 is 33.4 Å². The maximum atomic E-state index is 12.1. The summed E-state index contributed by atoms with van der Waals surface area (Å²) < 4.78 is 0.940. The molecule has 0 bridgehead atoms. The van der Waals surface area contributed by atoms with Crippen LogP contribution in [0.5, 0.6) is 0 Å². The lowest BCUT2D eigenvalue weighted by Crippen LogP contribution is -2.44. The Morgan fingerprint density at radius 2 is 2.00 bits per heavy atom. The van der Waals surface area contributed by atoms with Crippen LogP contribution in [0.3, 0.4) is 0 Å². The number of anilines is 1. The summed E-state index contributed by atoms with van der Waals surface area (Å²) in [6, 6.07) is 6.72. The van der Waals surface area contributed by atoms with E-state index in [0.29, 0.717) is 12.2 Å². The molecule has 1 atom stereocenters. The number of carbonyl (C=O) groups excluding carboxylic acids is 2. The molecule has 1 N–H and O–H groups in total. The summed E-state index contributed by atoms with van der Waals surface area (Å²) >= 11 is 3.33. The van der Waals surface area contributed by atoms with Gasteiger partial charge in [-0.2, -0.15) is 0 Å². The van der Waals surface area contributed by atoms with E-state index in [1.165, 1.54) is 11.8 Å². The lowest BCUT2D eigenvalue weighted by molar-refractivity contribution is -0.135. The molecule has 0 aliphatic carbocycles. The zero-order chi connectivity index (χ0) is 14.4. The first-order valence-electron chi connectivity index (χ1n) is 5.90. The standard InChI is InChI=1S/C14H17BrN2O2/c1-4-9-17(11(3)18)10(2)14(19)16-13-7-5-12(15)6-8-13/h4-8,10H,1,9H2,2-3H3,(H,16,19). The second kappa shape index (κ2) is 7.09. The number of nitrogens with zero attached hydrogens (tertiary/aromatic N) is 1. The number of nitrogens with one attached hydrogen (secondary N) is 1. The first-order valence-corrected chi connectivity index (χ1v) is 6.69. The van der Waals surface area contributed by atoms with Crippen LogP contribution in [0, 0.1) is 0 Å². The molecule has 0 aliphatic rings. The van der Waals surface area contributed by atoms with Gasteiger partial charge in [-0.3, -0.25) is 9.59 Å². The van der Waals surface area contributed by atoms with Crippen LogP contribution in [0.15, 0.2) is 41.4 Å². The third-order valence-electron chi connectivity index (χ3n) is 2.69. The van der Waals surface area contributed by atoms with Gasteiger partial charge in [-0.05, 0) is 31.2 Å². The number of halogens is 1. The number of amides is 2. The molecule has 2 amide bonds. The van der Waals surface area contributed by atoms with Gasteiger partial charge in [0.2, 0.25) is 11.8 Å². The third kappa shape index (κ3) is 4.52. The average Bonchev–Trinajstić information content (AvgIpc) is 2.37. The van der Waals surface area contributed by atoms with Gasteiger partial charge in [0.15, 0.2) is 0 Å². The lowest BCUT2D eigenvalue weighted by atomic mass is 10.2. The van der Waals surface area contributed by atoms with E-state index in [4.69, 9.17) is 0 Å². The van der Waals surface area contributed by atoms with Crippen molar-refractivity contribution < 1.29 is 9.59 Å². The number of carbonyl (C=O) groups is 2. The summed E-state index contributed by atoms with van der Waals surface area (Å²) in [6.07, 6.45) is 1.60. The van der Waals surface area contributed by atoms with Crippen LogP contribution < -0.4 is 5.32 Å². The fourth-order valence-corrected chi connectivity index (χ4v) is 1.88. The molecular weight excluding hydrogens is 308 g/mol. The van der Waals surface area contributed by atoms with Crippen molar-refractivity contribution in [2.45, 2.75) is 19.9 Å². The van der Waals surface area contributed by atoms with Crippen molar-refractivity contribution in [1.82, 2.24) is 4.90 Å². The Hall–Kier alpha value is -1.62. The molecule has 0 saturated carbocycles. The number of rotatable bonds is 5.